The van der Waals surface area contributed by atoms with Gasteiger partial charge in [-0.25, -0.2) is 4.98 Å². The highest BCUT2D eigenvalue weighted by Crippen LogP contribution is 2.10. The van der Waals surface area contributed by atoms with Crippen molar-refractivity contribution in [1.29, 1.82) is 0 Å². The van der Waals surface area contributed by atoms with Gasteiger partial charge < -0.3 is 5.32 Å². The summed E-state index contributed by atoms with van der Waals surface area (Å²) >= 11 is 4.15. The Morgan fingerprint density at radius 1 is 1.57 bits per heavy atom. The van der Waals surface area contributed by atoms with E-state index in [9.17, 15) is 0 Å². The van der Waals surface area contributed by atoms with Crippen LogP contribution < -0.4 is 5.32 Å². The number of halogens is 1. The molecule has 0 bridgehead atoms. The maximum atomic E-state index is 4.43. The lowest BCUT2D eigenvalue weighted by Gasteiger charge is -2.19. The topological polar surface area (TPSA) is 24.9 Å². The van der Waals surface area contributed by atoms with Crippen LogP contribution in [0.4, 0.5) is 0 Å². The number of nitrogens with zero attached hydrogens (tertiary/aromatic N) is 1. The molecule has 0 radical (unpaired) electrons. The van der Waals surface area contributed by atoms with Crippen LogP contribution in [0.25, 0.3) is 0 Å². The van der Waals surface area contributed by atoms with Crippen LogP contribution in [0.1, 0.15) is 24.5 Å². The lowest BCUT2D eigenvalue weighted by Crippen LogP contribution is -2.34. The molecule has 0 aliphatic rings. The van der Waals surface area contributed by atoms with Crippen molar-refractivity contribution in [2.75, 3.05) is 4.43 Å². The van der Waals surface area contributed by atoms with E-state index in [1.54, 1.807) is 11.3 Å². The molecular formula is C10H17IN2S. The van der Waals surface area contributed by atoms with Gasteiger partial charge in [-0.15, -0.1) is 11.3 Å². The lowest BCUT2D eigenvalue weighted by atomic mass is 10.1. The maximum absolute atomic E-state index is 4.43. The van der Waals surface area contributed by atoms with Gasteiger partial charge in [-0.1, -0.05) is 36.4 Å². The van der Waals surface area contributed by atoms with E-state index >= 15 is 0 Å². The SMILES string of the molecule is Cc1nc(CNC(CI)C(C)C)cs1. The zero-order valence-electron chi connectivity index (χ0n) is 8.88. The first-order valence-corrected chi connectivity index (χ1v) is 7.24. The number of hydrogen-bond acceptors (Lipinski definition) is 3. The van der Waals surface area contributed by atoms with Crippen molar-refractivity contribution < 1.29 is 0 Å². The molecule has 1 unspecified atom stereocenters. The molecule has 1 rings (SSSR count). The van der Waals surface area contributed by atoms with Gasteiger partial charge in [0.05, 0.1) is 10.7 Å². The quantitative estimate of drug-likeness (QED) is 0.665. The van der Waals surface area contributed by atoms with E-state index in [-0.39, 0.29) is 0 Å². The molecule has 2 nitrogen and oxygen atoms in total. The second-order valence-electron chi connectivity index (χ2n) is 3.74. The smallest absolute Gasteiger partial charge is 0.0897 e. The van der Waals surface area contributed by atoms with Crippen LogP contribution in [-0.4, -0.2) is 15.5 Å². The molecule has 0 spiro atoms. The first-order chi connectivity index (χ1) is 6.63. The molecule has 0 aromatic carbocycles. The zero-order valence-corrected chi connectivity index (χ0v) is 11.9. The fourth-order valence-corrected chi connectivity index (χ4v) is 3.13. The maximum Gasteiger partial charge on any atom is 0.0897 e. The Balaban J connectivity index is 2.39. The van der Waals surface area contributed by atoms with Gasteiger partial charge >= 0.3 is 0 Å². The van der Waals surface area contributed by atoms with E-state index in [0.717, 1.165) is 16.0 Å². The van der Waals surface area contributed by atoms with Gasteiger partial charge in [0.25, 0.3) is 0 Å². The molecule has 0 amide bonds. The van der Waals surface area contributed by atoms with E-state index in [0.29, 0.717) is 12.0 Å². The number of thiazole rings is 1. The number of aromatic nitrogens is 1. The Bertz CT molecular complexity index is 273. The minimum Gasteiger partial charge on any atom is -0.307 e. The molecule has 0 fully saturated rings. The van der Waals surface area contributed by atoms with E-state index in [1.807, 2.05) is 6.92 Å². The predicted molar refractivity (Wildman–Crippen MR) is 71.2 cm³/mol. The molecule has 0 saturated heterocycles. The van der Waals surface area contributed by atoms with Gasteiger partial charge in [0, 0.05) is 22.4 Å². The van der Waals surface area contributed by atoms with Crippen molar-refractivity contribution in [1.82, 2.24) is 10.3 Å². The Morgan fingerprint density at radius 3 is 2.71 bits per heavy atom. The van der Waals surface area contributed by atoms with Crippen LogP contribution in [0.5, 0.6) is 0 Å². The predicted octanol–water partition coefficient (Wildman–Crippen LogP) is 3.00. The second kappa shape index (κ2) is 6.02. The summed E-state index contributed by atoms with van der Waals surface area (Å²) in [5, 5.41) is 6.82. The minimum atomic E-state index is 0.595. The summed E-state index contributed by atoms with van der Waals surface area (Å²) in [5.41, 5.74) is 1.17. The van der Waals surface area contributed by atoms with Crippen molar-refractivity contribution in [3.05, 3.63) is 16.1 Å². The number of hydrogen-bond donors (Lipinski definition) is 1. The first-order valence-electron chi connectivity index (χ1n) is 4.84. The van der Waals surface area contributed by atoms with Gasteiger partial charge in [0.2, 0.25) is 0 Å². The van der Waals surface area contributed by atoms with E-state index in [2.05, 4.69) is 52.1 Å². The van der Waals surface area contributed by atoms with E-state index in [1.165, 1.54) is 5.69 Å². The summed E-state index contributed by atoms with van der Waals surface area (Å²) in [4.78, 5) is 4.43. The Morgan fingerprint density at radius 2 is 2.29 bits per heavy atom. The molecule has 1 atom stereocenters. The summed E-state index contributed by atoms with van der Waals surface area (Å²) in [6.45, 7) is 7.45. The van der Waals surface area contributed by atoms with Crippen molar-refractivity contribution in [2.24, 2.45) is 5.92 Å². The van der Waals surface area contributed by atoms with E-state index in [4.69, 9.17) is 0 Å². The minimum absolute atomic E-state index is 0.595. The summed E-state index contributed by atoms with van der Waals surface area (Å²) in [5.74, 6) is 0.687. The molecule has 0 aliphatic carbocycles. The highest BCUT2D eigenvalue weighted by atomic mass is 127. The number of nitrogens with one attached hydrogen (secondary N) is 1. The standard InChI is InChI=1S/C10H17IN2S/c1-7(2)10(4-11)12-5-9-6-14-8(3)13-9/h6-7,10,12H,4-5H2,1-3H3. The van der Waals surface area contributed by atoms with Crippen LogP contribution in [0.2, 0.25) is 0 Å². The van der Waals surface area contributed by atoms with Crippen LogP contribution in [0, 0.1) is 12.8 Å². The number of aryl methyl sites for hydroxylation is 1. The third-order valence-corrected chi connectivity index (χ3v) is 3.95. The van der Waals surface area contributed by atoms with Gasteiger partial charge in [0.1, 0.15) is 0 Å². The summed E-state index contributed by atoms with van der Waals surface area (Å²) in [6, 6.07) is 0.595. The molecule has 1 heterocycles. The molecule has 1 aromatic rings. The third kappa shape index (κ3) is 3.82. The zero-order chi connectivity index (χ0) is 10.6. The van der Waals surface area contributed by atoms with Crippen molar-refractivity contribution in [3.63, 3.8) is 0 Å². The van der Waals surface area contributed by atoms with Crippen molar-refractivity contribution in [2.45, 2.75) is 33.4 Å². The van der Waals surface area contributed by atoms with Gasteiger partial charge in [0.15, 0.2) is 0 Å². The lowest BCUT2D eigenvalue weighted by molar-refractivity contribution is 0.434. The highest BCUT2D eigenvalue weighted by molar-refractivity contribution is 14.1. The second-order valence-corrected chi connectivity index (χ2v) is 5.69. The molecule has 80 valence electrons. The fourth-order valence-electron chi connectivity index (χ4n) is 1.19. The number of rotatable bonds is 5. The molecule has 1 aromatic heterocycles. The molecule has 14 heavy (non-hydrogen) atoms. The average Bonchev–Trinajstić information content (AvgIpc) is 2.52. The summed E-state index contributed by atoms with van der Waals surface area (Å²) in [6.07, 6.45) is 0. The Hall–Kier alpha value is 0.320. The molecule has 1 N–H and O–H groups in total. The molecule has 0 aliphatic heterocycles. The van der Waals surface area contributed by atoms with Crippen LogP contribution in [0.3, 0.4) is 0 Å². The van der Waals surface area contributed by atoms with Crippen molar-refractivity contribution in [3.8, 4) is 0 Å². The molecular weight excluding hydrogens is 307 g/mol. The molecule has 4 heteroatoms. The normalized spacial score (nSPS) is 13.5. The largest absolute Gasteiger partial charge is 0.307 e. The first kappa shape index (κ1) is 12.4. The van der Waals surface area contributed by atoms with Crippen molar-refractivity contribution >= 4 is 33.9 Å². The van der Waals surface area contributed by atoms with Crippen LogP contribution in [-0.2, 0) is 6.54 Å². The summed E-state index contributed by atoms with van der Waals surface area (Å²) in [7, 11) is 0. The highest BCUT2D eigenvalue weighted by Gasteiger charge is 2.11. The monoisotopic (exact) mass is 324 g/mol. The Labute approximate surface area is 104 Å². The van der Waals surface area contributed by atoms with Gasteiger partial charge in [-0.2, -0.15) is 0 Å². The Kier molecular flexibility index (Phi) is 5.33. The summed E-state index contributed by atoms with van der Waals surface area (Å²) < 4.78 is 1.15. The third-order valence-electron chi connectivity index (χ3n) is 2.18. The average molecular weight is 324 g/mol. The van der Waals surface area contributed by atoms with Crippen LogP contribution in [0.15, 0.2) is 5.38 Å². The van der Waals surface area contributed by atoms with Gasteiger partial charge in [-0.05, 0) is 12.8 Å². The van der Waals surface area contributed by atoms with Gasteiger partial charge in [-0.3, -0.25) is 0 Å². The molecule has 0 saturated carbocycles. The fraction of sp³-hybridized carbons (Fsp3) is 0.700. The number of alkyl halides is 1. The van der Waals surface area contributed by atoms with Crippen LogP contribution >= 0.6 is 33.9 Å². The van der Waals surface area contributed by atoms with E-state index < -0.39 is 0 Å².